The van der Waals surface area contributed by atoms with E-state index >= 15 is 0 Å². The Kier molecular flexibility index (Phi) is 5.04. The van der Waals surface area contributed by atoms with Gasteiger partial charge in [-0.2, -0.15) is 5.10 Å². The first kappa shape index (κ1) is 11.9. The van der Waals surface area contributed by atoms with Gasteiger partial charge in [-0.1, -0.05) is 6.92 Å². The van der Waals surface area contributed by atoms with Crippen molar-refractivity contribution in [2.24, 2.45) is 7.05 Å². The molecule has 0 radical (unpaired) electrons. The molecule has 1 aromatic rings. The quantitative estimate of drug-likeness (QED) is 0.638. The number of hydrogen-bond acceptors (Lipinski definition) is 3. The van der Waals surface area contributed by atoms with E-state index in [1.165, 1.54) is 0 Å². The van der Waals surface area contributed by atoms with Crippen LogP contribution in [0.25, 0.3) is 0 Å². The van der Waals surface area contributed by atoms with Gasteiger partial charge >= 0.3 is 0 Å². The normalized spacial score (nSPS) is 10.5. The highest BCUT2D eigenvalue weighted by atomic mass is 16.5. The fraction of sp³-hybridized carbons (Fsp3) is 0.636. The van der Waals surface area contributed by atoms with Gasteiger partial charge < -0.3 is 4.74 Å². The highest BCUT2D eigenvalue weighted by Crippen LogP contribution is 1.99. The molecule has 0 aromatic carbocycles. The van der Waals surface area contributed by atoms with Crippen molar-refractivity contribution in [3.63, 3.8) is 0 Å². The molecular formula is C11H18N2O2. The van der Waals surface area contributed by atoms with E-state index < -0.39 is 0 Å². The third-order valence-corrected chi connectivity index (χ3v) is 2.02. The number of carbonyl (C=O) groups is 1. The number of Topliss-reactive ketones (excluding diaryl/α,β-unsaturated/α-hetero) is 1. The first-order valence-electron chi connectivity index (χ1n) is 5.30. The van der Waals surface area contributed by atoms with Crippen LogP contribution in [0.5, 0.6) is 0 Å². The Hall–Kier alpha value is -1.16. The zero-order chi connectivity index (χ0) is 11.1. The fourth-order valence-electron chi connectivity index (χ4n) is 1.28. The first-order valence-corrected chi connectivity index (χ1v) is 5.30. The summed E-state index contributed by atoms with van der Waals surface area (Å²) >= 11 is 0. The Morgan fingerprint density at radius 3 is 2.93 bits per heavy atom. The molecule has 0 saturated carbocycles. The number of carbonyl (C=O) groups excluding carboxylic acids is 1. The molecule has 4 nitrogen and oxygen atoms in total. The minimum absolute atomic E-state index is 0.185. The summed E-state index contributed by atoms with van der Waals surface area (Å²) in [4.78, 5) is 11.5. The maximum absolute atomic E-state index is 11.5. The van der Waals surface area contributed by atoms with Gasteiger partial charge in [-0.25, -0.2) is 0 Å². The number of aromatic nitrogens is 2. The van der Waals surface area contributed by atoms with Crippen LogP contribution in [0.15, 0.2) is 12.3 Å². The van der Waals surface area contributed by atoms with Crippen molar-refractivity contribution in [1.82, 2.24) is 9.78 Å². The number of ketones is 1. The molecular weight excluding hydrogens is 192 g/mol. The second-order valence-corrected chi connectivity index (χ2v) is 3.56. The highest BCUT2D eigenvalue weighted by molar-refractivity contribution is 5.80. The van der Waals surface area contributed by atoms with Gasteiger partial charge in [0.2, 0.25) is 0 Å². The summed E-state index contributed by atoms with van der Waals surface area (Å²) in [5.74, 6) is 0.185. The maximum atomic E-state index is 11.5. The Bertz CT molecular complexity index is 307. The molecule has 0 N–H and O–H groups in total. The van der Waals surface area contributed by atoms with Crippen LogP contribution in [0, 0.1) is 0 Å². The van der Waals surface area contributed by atoms with E-state index in [9.17, 15) is 4.79 Å². The summed E-state index contributed by atoms with van der Waals surface area (Å²) in [6.07, 6.45) is 3.73. The van der Waals surface area contributed by atoms with Gasteiger partial charge in [-0.15, -0.1) is 0 Å². The van der Waals surface area contributed by atoms with Crippen molar-refractivity contribution in [2.75, 3.05) is 13.2 Å². The number of ether oxygens (including phenoxy) is 1. The largest absolute Gasteiger partial charge is 0.381 e. The Morgan fingerprint density at radius 1 is 1.53 bits per heavy atom. The third-order valence-electron chi connectivity index (χ3n) is 2.02. The Balaban J connectivity index is 2.18. The lowest BCUT2D eigenvalue weighted by molar-refractivity contribution is -0.119. The molecule has 0 saturated heterocycles. The highest BCUT2D eigenvalue weighted by Gasteiger charge is 2.05. The summed E-state index contributed by atoms with van der Waals surface area (Å²) in [7, 11) is 1.85. The van der Waals surface area contributed by atoms with Crippen molar-refractivity contribution >= 4 is 5.78 Å². The number of rotatable bonds is 7. The molecule has 0 aliphatic heterocycles. The number of aryl methyl sites for hydroxylation is 1. The third kappa shape index (κ3) is 4.74. The van der Waals surface area contributed by atoms with Gasteiger partial charge in [0, 0.05) is 26.3 Å². The summed E-state index contributed by atoms with van der Waals surface area (Å²) in [6.45, 7) is 3.31. The smallest absolute Gasteiger partial charge is 0.141 e. The zero-order valence-corrected chi connectivity index (χ0v) is 9.40. The fourth-order valence-corrected chi connectivity index (χ4v) is 1.28. The average molecular weight is 210 g/mol. The molecule has 15 heavy (non-hydrogen) atoms. The van der Waals surface area contributed by atoms with Gasteiger partial charge in [0.05, 0.1) is 18.7 Å². The molecule has 4 heteroatoms. The number of nitrogens with zero attached hydrogens (tertiary/aromatic N) is 2. The van der Waals surface area contributed by atoms with Crippen molar-refractivity contribution in [2.45, 2.75) is 26.2 Å². The van der Waals surface area contributed by atoms with Crippen LogP contribution >= 0.6 is 0 Å². The Morgan fingerprint density at radius 2 is 2.33 bits per heavy atom. The summed E-state index contributed by atoms with van der Waals surface area (Å²) < 4.78 is 6.95. The van der Waals surface area contributed by atoms with Crippen molar-refractivity contribution in [3.8, 4) is 0 Å². The maximum Gasteiger partial charge on any atom is 0.141 e. The second-order valence-electron chi connectivity index (χ2n) is 3.56. The topological polar surface area (TPSA) is 44.1 Å². The monoisotopic (exact) mass is 210 g/mol. The van der Waals surface area contributed by atoms with Gasteiger partial charge in [0.1, 0.15) is 5.78 Å². The minimum atomic E-state index is 0.185. The molecule has 0 atom stereocenters. The lowest BCUT2D eigenvalue weighted by Gasteiger charge is -2.00. The predicted molar refractivity (Wildman–Crippen MR) is 57.6 cm³/mol. The second kappa shape index (κ2) is 6.35. The molecule has 1 aromatic heterocycles. The van der Waals surface area contributed by atoms with Crippen molar-refractivity contribution in [1.29, 1.82) is 0 Å². The molecule has 1 heterocycles. The first-order chi connectivity index (χ1) is 7.22. The molecule has 1 rings (SSSR count). The van der Waals surface area contributed by atoms with E-state index in [2.05, 4.69) is 12.0 Å². The van der Waals surface area contributed by atoms with Crippen LogP contribution in [-0.2, 0) is 23.0 Å². The lowest BCUT2D eigenvalue weighted by Crippen LogP contribution is -2.08. The molecule has 0 spiro atoms. The van der Waals surface area contributed by atoms with E-state index in [1.54, 1.807) is 4.68 Å². The minimum Gasteiger partial charge on any atom is -0.381 e. The van der Waals surface area contributed by atoms with E-state index in [-0.39, 0.29) is 5.78 Å². The molecule has 0 aliphatic carbocycles. The Labute approximate surface area is 90.2 Å². The molecule has 0 unspecified atom stereocenters. The predicted octanol–water partition coefficient (Wildman–Crippen LogP) is 1.35. The van der Waals surface area contributed by atoms with Crippen LogP contribution < -0.4 is 0 Å². The molecule has 0 fully saturated rings. The standard InChI is InChI=1S/C11H18N2O2/c1-3-7-15-8-5-11(14)9-10-4-6-13(2)12-10/h4,6H,3,5,7-9H2,1-2H3. The molecule has 0 aliphatic rings. The van der Waals surface area contributed by atoms with E-state index in [4.69, 9.17) is 4.74 Å². The summed E-state index contributed by atoms with van der Waals surface area (Å²) in [6, 6.07) is 1.87. The zero-order valence-electron chi connectivity index (χ0n) is 9.40. The van der Waals surface area contributed by atoms with Gasteiger partial charge in [-0.3, -0.25) is 9.48 Å². The average Bonchev–Trinajstić information content (AvgIpc) is 2.59. The van der Waals surface area contributed by atoms with Crippen LogP contribution in [0.1, 0.15) is 25.5 Å². The summed E-state index contributed by atoms with van der Waals surface area (Å²) in [5, 5.41) is 4.15. The molecule has 0 bridgehead atoms. The van der Waals surface area contributed by atoms with Crippen molar-refractivity contribution < 1.29 is 9.53 Å². The SMILES string of the molecule is CCCOCCC(=O)Cc1ccn(C)n1. The molecule has 84 valence electrons. The molecule has 0 amide bonds. The van der Waals surface area contributed by atoms with E-state index in [0.29, 0.717) is 19.4 Å². The van der Waals surface area contributed by atoms with Gasteiger partial charge in [0.15, 0.2) is 0 Å². The summed E-state index contributed by atoms with van der Waals surface area (Å²) in [5.41, 5.74) is 0.831. The van der Waals surface area contributed by atoms with Crippen LogP contribution in [0.3, 0.4) is 0 Å². The van der Waals surface area contributed by atoms with E-state index in [1.807, 2.05) is 19.3 Å². The van der Waals surface area contributed by atoms with Gasteiger partial charge in [0.25, 0.3) is 0 Å². The van der Waals surface area contributed by atoms with Crippen LogP contribution in [-0.4, -0.2) is 28.8 Å². The van der Waals surface area contributed by atoms with Crippen molar-refractivity contribution in [3.05, 3.63) is 18.0 Å². The van der Waals surface area contributed by atoms with E-state index in [0.717, 1.165) is 18.7 Å². The lowest BCUT2D eigenvalue weighted by atomic mass is 10.2. The van der Waals surface area contributed by atoms with Crippen LogP contribution in [0.4, 0.5) is 0 Å². The van der Waals surface area contributed by atoms with Gasteiger partial charge in [-0.05, 0) is 12.5 Å². The number of hydrogen-bond donors (Lipinski definition) is 0. The van der Waals surface area contributed by atoms with Crippen LogP contribution in [0.2, 0.25) is 0 Å².